The topological polar surface area (TPSA) is 80.2 Å². The normalized spacial score (nSPS) is 11.7. The molecule has 0 saturated heterocycles. The van der Waals surface area contributed by atoms with Crippen LogP contribution >= 0.6 is 0 Å². The van der Waals surface area contributed by atoms with Gasteiger partial charge in [0.15, 0.2) is 0 Å². The molecule has 6 nitrogen and oxygen atoms in total. The van der Waals surface area contributed by atoms with Crippen LogP contribution in [0.1, 0.15) is 26.6 Å². The summed E-state index contributed by atoms with van der Waals surface area (Å²) in [5, 5.41) is 13.6. The second kappa shape index (κ2) is 3.38. The molecule has 0 aliphatic carbocycles. The number of rotatable bonds is 1. The molecule has 15 heavy (non-hydrogen) atoms. The van der Waals surface area contributed by atoms with Gasteiger partial charge in [0.2, 0.25) is 5.82 Å². The standard InChI is InChI=1S/C9H12N6/c1-9(2,3)8-10-5-4-6(11-8)7-12-14-15-13-7/h4-5H,1-3H3,(H,12,13,14,15). The molecule has 2 heterocycles. The monoisotopic (exact) mass is 204 g/mol. The maximum Gasteiger partial charge on any atom is 0.223 e. The summed E-state index contributed by atoms with van der Waals surface area (Å²) in [5.74, 6) is 1.26. The lowest BCUT2D eigenvalue weighted by Crippen LogP contribution is -2.16. The summed E-state index contributed by atoms with van der Waals surface area (Å²) in [6.07, 6.45) is 1.71. The van der Waals surface area contributed by atoms with Crippen LogP contribution in [0.5, 0.6) is 0 Å². The van der Waals surface area contributed by atoms with Crippen LogP contribution in [0.2, 0.25) is 0 Å². The Morgan fingerprint density at radius 1 is 1.27 bits per heavy atom. The number of aromatic amines is 1. The van der Waals surface area contributed by atoms with Crippen molar-refractivity contribution in [3.05, 3.63) is 18.1 Å². The Morgan fingerprint density at radius 3 is 2.67 bits per heavy atom. The molecular weight excluding hydrogens is 192 g/mol. The summed E-state index contributed by atoms with van der Waals surface area (Å²) in [6, 6.07) is 1.76. The van der Waals surface area contributed by atoms with Crippen LogP contribution in [-0.2, 0) is 5.41 Å². The Hall–Kier alpha value is -1.85. The minimum atomic E-state index is -0.0836. The first-order chi connectivity index (χ1) is 7.07. The van der Waals surface area contributed by atoms with Crippen molar-refractivity contribution < 1.29 is 0 Å². The molecule has 0 radical (unpaired) electrons. The largest absolute Gasteiger partial charge is 0.241 e. The molecule has 6 heteroatoms. The van der Waals surface area contributed by atoms with Gasteiger partial charge >= 0.3 is 0 Å². The van der Waals surface area contributed by atoms with Gasteiger partial charge < -0.3 is 0 Å². The molecule has 1 N–H and O–H groups in total. The van der Waals surface area contributed by atoms with Gasteiger partial charge in [0.05, 0.1) is 0 Å². The Kier molecular flexibility index (Phi) is 2.18. The highest BCUT2D eigenvalue weighted by Crippen LogP contribution is 2.19. The molecule has 0 aromatic carbocycles. The van der Waals surface area contributed by atoms with Crippen molar-refractivity contribution in [2.45, 2.75) is 26.2 Å². The molecule has 0 amide bonds. The predicted molar refractivity (Wildman–Crippen MR) is 53.9 cm³/mol. The van der Waals surface area contributed by atoms with Crippen LogP contribution in [0.3, 0.4) is 0 Å². The highest BCUT2D eigenvalue weighted by atomic mass is 15.5. The molecule has 0 aliphatic rings. The summed E-state index contributed by atoms with van der Waals surface area (Å²) < 4.78 is 0. The van der Waals surface area contributed by atoms with Gasteiger partial charge in [0, 0.05) is 11.6 Å². The fourth-order valence-electron chi connectivity index (χ4n) is 1.11. The number of hydrogen-bond donors (Lipinski definition) is 1. The SMILES string of the molecule is CC(C)(C)c1nccc(-c2nn[nH]n2)n1. The zero-order valence-corrected chi connectivity index (χ0v) is 8.89. The van der Waals surface area contributed by atoms with Crippen molar-refractivity contribution in [1.82, 2.24) is 30.6 Å². The summed E-state index contributed by atoms with van der Waals surface area (Å²) in [6.45, 7) is 6.17. The van der Waals surface area contributed by atoms with Crippen molar-refractivity contribution >= 4 is 0 Å². The molecule has 0 atom stereocenters. The van der Waals surface area contributed by atoms with E-state index in [9.17, 15) is 0 Å². The Bertz CT molecular complexity index is 442. The van der Waals surface area contributed by atoms with Gasteiger partial charge in [-0.15, -0.1) is 10.2 Å². The van der Waals surface area contributed by atoms with Crippen LogP contribution in [0.4, 0.5) is 0 Å². The van der Waals surface area contributed by atoms with Gasteiger partial charge in [-0.2, -0.15) is 5.21 Å². The average Bonchev–Trinajstić information content (AvgIpc) is 2.69. The van der Waals surface area contributed by atoms with E-state index in [0.717, 1.165) is 5.82 Å². The van der Waals surface area contributed by atoms with E-state index in [0.29, 0.717) is 11.5 Å². The van der Waals surface area contributed by atoms with Crippen molar-refractivity contribution in [3.63, 3.8) is 0 Å². The lowest BCUT2D eigenvalue weighted by atomic mass is 9.96. The van der Waals surface area contributed by atoms with E-state index < -0.39 is 0 Å². The molecule has 0 bridgehead atoms. The van der Waals surface area contributed by atoms with E-state index in [1.54, 1.807) is 12.3 Å². The van der Waals surface area contributed by atoms with Crippen LogP contribution < -0.4 is 0 Å². The second-order valence-corrected chi connectivity index (χ2v) is 4.25. The first kappa shape index (κ1) is 9.70. The van der Waals surface area contributed by atoms with Gasteiger partial charge in [0.1, 0.15) is 11.5 Å². The minimum absolute atomic E-state index is 0.0836. The first-order valence-electron chi connectivity index (χ1n) is 4.65. The molecular formula is C9H12N6. The summed E-state index contributed by atoms with van der Waals surface area (Å²) >= 11 is 0. The molecule has 2 aromatic heterocycles. The third-order valence-corrected chi connectivity index (χ3v) is 1.90. The smallest absolute Gasteiger partial charge is 0.223 e. The van der Waals surface area contributed by atoms with E-state index in [4.69, 9.17) is 0 Å². The second-order valence-electron chi connectivity index (χ2n) is 4.25. The van der Waals surface area contributed by atoms with Crippen LogP contribution in [0.15, 0.2) is 12.3 Å². The zero-order valence-electron chi connectivity index (χ0n) is 8.89. The fourth-order valence-corrected chi connectivity index (χ4v) is 1.11. The molecule has 0 unspecified atom stereocenters. The van der Waals surface area contributed by atoms with Gasteiger partial charge in [0.25, 0.3) is 0 Å². The van der Waals surface area contributed by atoms with Gasteiger partial charge in [-0.1, -0.05) is 20.8 Å². The number of nitrogens with one attached hydrogen (secondary N) is 1. The van der Waals surface area contributed by atoms with Crippen LogP contribution in [0.25, 0.3) is 11.5 Å². The van der Waals surface area contributed by atoms with E-state index in [1.165, 1.54) is 0 Å². The lowest BCUT2D eigenvalue weighted by Gasteiger charge is -2.15. The summed E-state index contributed by atoms with van der Waals surface area (Å²) in [5.41, 5.74) is 0.600. The highest BCUT2D eigenvalue weighted by Gasteiger charge is 2.18. The lowest BCUT2D eigenvalue weighted by molar-refractivity contribution is 0.545. The fraction of sp³-hybridized carbons (Fsp3) is 0.444. The van der Waals surface area contributed by atoms with E-state index in [-0.39, 0.29) is 5.41 Å². The number of tetrazole rings is 1. The highest BCUT2D eigenvalue weighted by molar-refractivity contribution is 5.46. The minimum Gasteiger partial charge on any atom is -0.241 e. The molecule has 0 spiro atoms. The predicted octanol–water partition coefficient (Wildman–Crippen LogP) is 0.954. The zero-order chi connectivity index (χ0) is 10.9. The van der Waals surface area contributed by atoms with E-state index in [2.05, 4.69) is 51.4 Å². The summed E-state index contributed by atoms with van der Waals surface area (Å²) in [7, 11) is 0. The Labute approximate surface area is 87.2 Å². The van der Waals surface area contributed by atoms with Crippen LogP contribution in [-0.4, -0.2) is 30.6 Å². The molecule has 0 fully saturated rings. The quantitative estimate of drug-likeness (QED) is 0.748. The summed E-state index contributed by atoms with van der Waals surface area (Å²) in [4.78, 5) is 8.61. The number of aromatic nitrogens is 6. The van der Waals surface area contributed by atoms with Crippen molar-refractivity contribution in [2.75, 3.05) is 0 Å². The van der Waals surface area contributed by atoms with E-state index >= 15 is 0 Å². The molecule has 0 aliphatic heterocycles. The Morgan fingerprint density at radius 2 is 2.07 bits per heavy atom. The van der Waals surface area contributed by atoms with Gasteiger partial charge in [-0.3, -0.25) is 0 Å². The third-order valence-electron chi connectivity index (χ3n) is 1.90. The average molecular weight is 204 g/mol. The van der Waals surface area contributed by atoms with Gasteiger partial charge in [-0.25, -0.2) is 9.97 Å². The third kappa shape index (κ3) is 1.98. The number of nitrogens with zero attached hydrogens (tertiary/aromatic N) is 5. The number of hydrogen-bond acceptors (Lipinski definition) is 5. The Balaban J connectivity index is 2.44. The molecule has 0 saturated carbocycles. The van der Waals surface area contributed by atoms with Crippen molar-refractivity contribution in [2.24, 2.45) is 0 Å². The van der Waals surface area contributed by atoms with Gasteiger partial charge in [-0.05, 0) is 11.3 Å². The molecule has 2 rings (SSSR count). The number of H-pyrrole nitrogens is 1. The van der Waals surface area contributed by atoms with Crippen molar-refractivity contribution in [3.8, 4) is 11.5 Å². The van der Waals surface area contributed by atoms with Crippen molar-refractivity contribution in [1.29, 1.82) is 0 Å². The molecule has 78 valence electrons. The maximum absolute atomic E-state index is 4.39. The first-order valence-corrected chi connectivity index (χ1v) is 4.65. The van der Waals surface area contributed by atoms with E-state index in [1.807, 2.05) is 0 Å². The van der Waals surface area contributed by atoms with Crippen LogP contribution in [0, 0.1) is 0 Å². The maximum atomic E-state index is 4.39. The molecule has 2 aromatic rings.